The molecule has 1 aliphatic heterocycles. The zero-order valence-electron chi connectivity index (χ0n) is 7.47. The fourth-order valence-electron chi connectivity index (χ4n) is 1.50. The van der Waals surface area contributed by atoms with Gasteiger partial charge in [-0.25, -0.2) is 0 Å². The zero-order valence-corrected chi connectivity index (χ0v) is 7.47. The molecule has 1 aliphatic rings. The van der Waals surface area contributed by atoms with Crippen molar-refractivity contribution in [1.29, 1.82) is 0 Å². The van der Waals surface area contributed by atoms with Gasteiger partial charge in [0, 0.05) is 12.5 Å². The Morgan fingerprint density at radius 3 is 2.91 bits per heavy atom. The molecule has 0 aromatic rings. The fourth-order valence-corrected chi connectivity index (χ4v) is 1.50. The molecule has 1 rings (SSSR count). The van der Waals surface area contributed by atoms with Gasteiger partial charge in [-0.3, -0.25) is 9.69 Å². The highest BCUT2D eigenvalue weighted by Gasteiger charge is 2.19. The van der Waals surface area contributed by atoms with E-state index in [1.807, 2.05) is 0 Å². The van der Waals surface area contributed by atoms with Crippen molar-refractivity contribution in [2.75, 3.05) is 13.1 Å². The molecule has 1 fully saturated rings. The number of likely N-dealkylation sites (tertiary alicyclic amines) is 1. The van der Waals surface area contributed by atoms with Crippen LogP contribution in [0.5, 0.6) is 0 Å². The Bertz CT molecular complexity index is 144. The molecule has 0 N–H and O–H groups in total. The summed E-state index contributed by atoms with van der Waals surface area (Å²) in [6.45, 7) is 6.16. The molecule has 0 aromatic heterocycles. The number of hydrogen-bond donors (Lipinski definition) is 0. The summed E-state index contributed by atoms with van der Waals surface area (Å²) in [5.41, 5.74) is 0. The van der Waals surface area contributed by atoms with Crippen LogP contribution in [0, 0.1) is 0 Å². The van der Waals surface area contributed by atoms with Gasteiger partial charge in [0.25, 0.3) is 0 Å². The molecule has 0 saturated carbocycles. The normalized spacial score (nSPS) is 23.6. The van der Waals surface area contributed by atoms with Crippen molar-refractivity contribution in [3.05, 3.63) is 0 Å². The highest BCUT2D eigenvalue weighted by atomic mass is 16.1. The lowest BCUT2D eigenvalue weighted by Crippen LogP contribution is -2.41. The van der Waals surface area contributed by atoms with E-state index in [-0.39, 0.29) is 0 Å². The second-order valence-electron chi connectivity index (χ2n) is 3.37. The molecule has 1 saturated heterocycles. The van der Waals surface area contributed by atoms with Crippen molar-refractivity contribution in [2.45, 2.75) is 39.2 Å². The predicted octanol–water partition coefficient (Wildman–Crippen LogP) is 1.45. The summed E-state index contributed by atoms with van der Waals surface area (Å²) >= 11 is 0. The molecule has 0 aromatic carbocycles. The van der Waals surface area contributed by atoms with Crippen LogP contribution >= 0.6 is 0 Å². The Kier molecular flexibility index (Phi) is 3.06. The van der Waals surface area contributed by atoms with Gasteiger partial charge in [0.1, 0.15) is 5.78 Å². The van der Waals surface area contributed by atoms with Gasteiger partial charge >= 0.3 is 0 Å². The van der Waals surface area contributed by atoms with E-state index in [1.54, 1.807) is 0 Å². The van der Waals surface area contributed by atoms with E-state index < -0.39 is 0 Å². The third kappa shape index (κ3) is 2.29. The minimum absolute atomic E-state index is 0.413. The topological polar surface area (TPSA) is 20.3 Å². The summed E-state index contributed by atoms with van der Waals surface area (Å²) < 4.78 is 0. The predicted molar refractivity (Wildman–Crippen MR) is 45.6 cm³/mol. The molecule has 1 heterocycles. The fraction of sp³-hybridized carbons (Fsp3) is 0.889. The summed E-state index contributed by atoms with van der Waals surface area (Å²) in [6.07, 6.45) is 3.00. The van der Waals surface area contributed by atoms with Gasteiger partial charge in [-0.05, 0) is 26.3 Å². The monoisotopic (exact) mass is 155 g/mol. The first-order valence-electron chi connectivity index (χ1n) is 4.49. The first kappa shape index (κ1) is 8.72. The third-order valence-electron chi connectivity index (χ3n) is 2.49. The van der Waals surface area contributed by atoms with Crippen molar-refractivity contribution in [3.63, 3.8) is 0 Å². The van der Waals surface area contributed by atoms with Crippen LogP contribution in [0.15, 0.2) is 0 Å². The van der Waals surface area contributed by atoms with Crippen molar-refractivity contribution in [2.24, 2.45) is 0 Å². The van der Waals surface area contributed by atoms with Crippen LogP contribution in [0.4, 0.5) is 0 Å². The second kappa shape index (κ2) is 3.86. The van der Waals surface area contributed by atoms with Crippen molar-refractivity contribution < 1.29 is 4.79 Å². The average Bonchev–Trinajstić information content (AvgIpc) is 2.03. The van der Waals surface area contributed by atoms with Gasteiger partial charge in [-0.15, -0.1) is 0 Å². The first-order valence-corrected chi connectivity index (χ1v) is 4.49. The highest BCUT2D eigenvalue weighted by molar-refractivity contribution is 5.81. The maximum absolute atomic E-state index is 11.1. The number of piperidine rings is 1. The zero-order chi connectivity index (χ0) is 8.27. The van der Waals surface area contributed by atoms with E-state index in [9.17, 15) is 4.79 Å². The van der Waals surface area contributed by atoms with Gasteiger partial charge in [0.15, 0.2) is 0 Å². The van der Waals surface area contributed by atoms with E-state index >= 15 is 0 Å². The molecule has 2 nitrogen and oxygen atoms in total. The molecule has 11 heavy (non-hydrogen) atoms. The molecule has 0 amide bonds. The minimum Gasteiger partial charge on any atom is -0.298 e. The van der Waals surface area contributed by atoms with E-state index in [2.05, 4.69) is 18.7 Å². The SMILES string of the molecule is CCC(C)N1CCCC(=O)C1. The smallest absolute Gasteiger partial charge is 0.146 e. The van der Waals surface area contributed by atoms with Crippen LogP contribution in [0.3, 0.4) is 0 Å². The van der Waals surface area contributed by atoms with Crippen molar-refractivity contribution >= 4 is 5.78 Å². The number of hydrogen-bond acceptors (Lipinski definition) is 2. The average molecular weight is 155 g/mol. The Morgan fingerprint density at radius 2 is 2.36 bits per heavy atom. The molecule has 0 spiro atoms. The Hall–Kier alpha value is -0.370. The maximum atomic E-state index is 11.1. The highest BCUT2D eigenvalue weighted by Crippen LogP contribution is 2.11. The molecule has 0 bridgehead atoms. The molecule has 1 atom stereocenters. The van der Waals surface area contributed by atoms with Gasteiger partial charge in [0.2, 0.25) is 0 Å². The molecule has 1 unspecified atom stereocenters. The second-order valence-corrected chi connectivity index (χ2v) is 3.37. The lowest BCUT2D eigenvalue weighted by molar-refractivity contribution is -0.122. The van der Waals surface area contributed by atoms with E-state index in [1.165, 1.54) is 0 Å². The van der Waals surface area contributed by atoms with Gasteiger partial charge in [-0.2, -0.15) is 0 Å². The van der Waals surface area contributed by atoms with Crippen LogP contribution in [0.25, 0.3) is 0 Å². The molecule has 2 heteroatoms. The van der Waals surface area contributed by atoms with Crippen molar-refractivity contribution in [1.82, 2.24) is 4.90 Å². The van der Waals surface area contributed by atoms with Crippen LogP contribution in [-0.4, -0.2) is 29.8 Å². The van der Waals surface area contributed by atoms with Gasteiger partial charge < -0.3 is 0 Å². The molecule has 0 radical (unpaired) electrons. The molecular weight excluding hydrogens is 138 g/mol. The van der Waals surface area contributed by atoms with Gasteiger partial charge in [-0.1, -0.05) is 6.92 Å². The first-order chi connectivity index (χ1) is 5.24. The van der Waals surface area contributed by atoms with E-state index in [4.69, 9.17) is 0 Å². The van der Waals surface area contributed by atoms with E-state index in [0.717, 1.165) is 25.8 Å². The summed E-state index contributed by atoms with van der Waals surface area (Å²) in [5.74, 6) is 0.413. The largest absolute Gasteiger partial charge is 0.298 e. The van der Waals surface area contributed by atoms with Crippen molar-refractivity contribution in [3.8, 4) is 0 Å². The molecular formula is C9H17NO. The standard InChI is InChI=1S/C9H17NO/c1-3-8(2)10-6-4-5-9(11)7-10/h8H,3-7H2,1-2H3. The van der Waals surface area contributed by atoms with Gasteiger partial charge in [0.05, 0.1) is 6.54 Å². The Labute approximate surface area is 68.6 Å². The Morgan fingerprint density at radius 1 is 1.64 bits per heavy atom. The lowest BCUT2D eigenvalue weighted by Gasteiger charge is -2.30. The quantitative estimate of drug-likeness (QED) is 0.601. The number of nitrogens with zero attached hydrogens (tertiary/aromatic N) is 1. The number of rotatable bonds is 2. The number of carbonyl (C=O) groups is 1. The summed E-state index contributed by atoms with van der Waals surface area (Å²) in [6, 6.07) is 0.583. The molecule has 0 aliphatic carbocycles. The minimum atomic E-state index is 0.413. The summed E-state index contributed by atoms with van der Waals surface area (Å²) in [7, 11) is 0. The third-order valence-corrected chi connectivity index (χ3v) is 2.49. The molecule has 64 valence electrons. The number of carbonyl (C=O) groups excluding carboxylic acids is 1. The number of Topliss-reactive ketones (excluding diaryl/α,β-unsaturated/α-hetero) is 1. The van der Waals surface area contributed by atoms with Crippen LogP contribution in [0.2, 0.25) is 0 Å². The Balaban J connectivity index is 2.39. The van der Waals surface area contributed by atoms with Crippen LogP contribution in [0.1, 0.15) is 33.1 Å². The van der Waals surface area contributed by atoms with Crippen LogP contribution in [-0.2, 0) is 4.79 Å². The number of ketones is 1. The lowest BCUT2D eigenvalue weighted by atomic mass is 10.1. The summed E-state index contributed by atoms with van der Waals surface area (Å²) in [4.78, 5) is 13.3. The van der Waals surface area contributed by atoms with Crippen LogP contribution < -0.4 is 0 Å². The maximum Gasteiger partial charge on any atom is 0.146 e. The van der Waals surface area contributed by atoms with E-state index in [0.29, 0.717) is 18.4 Å². The summed E-state index contributed by atoms with van der Waals surface area (Å²) in [5, 5.41) is 0.